The van der Waals surface area contributed by atoms with Crippen molar-refractivity contribution < 1.29 is 0 Å². The molecule has 1 aromatic heterocycles. The molecule has 4 heteroatoms. The topological polar surface area (TPSA) is 17.8 Å². The zero-order valence-corrected chi connectivity index (χ0v) is 31.5. The lowest BCUT2D eigenvalue weighted by Gasteiger charge is -2.35. The van der Waals surface area contributed by atoms with Crippen LogP contribution in [0.15, 0.2) is 211 Å². The highest BCUT2D eigenvalue weighted by molar-refractivity contribution is 7.98. The Hall–Kier alpha value is -6.20. The highest BCUT2D eigenvalue weighted by atomic mass is 32.2. The van der Waals surface area contributed by atoms with E-state index in [1.807, 2.05) is 11.8 Å². The van der Waals surface area contributed by atoms with Gasteiger partial charge in [-0.3, -0.25) is 4.57 Å². The molecule has 0 N–H and O–H groups in total. The number of para-hydroxylation sites is 2. The SMILES string of the molecule is c1ccc(-c2cccc([Si](c3ccccc3)(c3cccc(-c4ccccc4)c3)c3cccc(-c4ccc5c(c4)SCc4nc6ccccc6n4-5)c3)c2)cc1. The first-order valence-corrected chi connectivity index (χ1v) is 21.5. The quantitative estimate of drug-likeness (QED) is 0.120. The van der Waals surface area contributed by atoms with Crippen LogP contribution in [0.25, 0.3) is 50.1 Å². The monoisotopic (exact) mass is 724 g/mol. The van der Waals surface area contributed by atoms with Gasteiger partial charge in [0.25, 0.3) is 0 Å². The Morgan fingerprint density at radius 3 is 1.46 bits per heavy atom. The molecular formula is C50H36N2SSi. The van der Waals surface area contributed by atoms with E-state index in [2.05, 4.69) is 211 Å². The molecule has 0 radical (unpaired) electrons. The van der Waals surface area contributed by atoms with Crippen LogP contribution in [0.4, 0.5) is 0 Å². The summed E-state index contributed by atoms with van der Waals surface area (Å²) in [5.74, 6) is 1.96. The third-order valence-corrected chi connectivity index (χ3v) is 16.6. The minimum atomic E-state index is -2.91. The number of imidazole rings is 1. The van der Waals surface area contributed by atoms with Crippen molar-refractivity contribution in [2.24, 2.45) is 0 Å². The molecule has 54 heavy (non-hydrogen) atoms. The van der Waals surface area contributed by atoms with Gasteiger partial charge in [-0.15, -0.1) is 11.8 Å². The first-order valence-electron chi connectivity index (χ1n) is 18.5. The fourth-order valence-corrected chi connectivity index (χ4v) is 14.2. The maximum absolute atomic E-state index is 4.96. The van der Waals surface area contributed by atoms with Gasteiger partial charge >= 0.3 is 0 Å². The van der Waals surface area contributed by atoms with Crippen LogP contribution in [0.2, 0.25) is 0 Å². The second kappa shape index (κ2) is 13.6. The Bertz CT molecular complexity index is 2690. The van der Waals surface area contributed by atoms with Crippen LogP contribution in [-0.2, 0) is 5.75 Å². The predicted molar refractivity (Wildman–Crippen MR) is 231 cm³/mol. The van der Waals surface area contributed by atoms with E-state index >= 15 is 0 Å². The third kappa shape index (κ3) is 5.54. The normalized spacial score (nSPS) is 12.3. The first-order chi connectivity index (χ1) is 26.8. The molecule has 1 aliphatic rings. The molecule has 10 rings (SSSR count). The summed E-state index contributed by atoms with van der Waals surface area (Å²) in [4.78, 5) is 6.24. The molecule has 256 valence electrons. The summed E-state index contributed by atoms with van der Waals surface area (Å²) in [6.07, 6.45) is 0. The van der Waals surface area contributed by atoms with E-state index in [4.69, 9.17) is 4.98 Å². The largest absolute Gasteiger partial charge is 0.294 e. The van der Waals surface area contributed by atoms with Gasteiger partial charge in [-0.05, 0) is 78.4 Å². The molecule has 2 nitrogen and oxygen atoms in total. The zero-order chi connectivity index (χ0) is 35.9. The van der Waals surface area contributed by atoms with Gasteiger partial charge in [0.1, 0.15) is 5.82 Å². The van der Waals surface area contributed by atoms with Crippen molar-refractivity contribution in [3.05, 3.63) is 212 Å². The van der Waals surface area contributed by atoms with Gasteiger partial charge in [-0.25, -0.2) is 4.98 Å². The van der Waals surface area contributed by atoms with Crippen molar-refractivity contribution >= 4 is 51.6 Å². The molecule has 0 amide bonds. The first kappa shape index (κ1) is 32.4. The molecule has 0 spiro atoms. The maximum atomic E-state index is 4.96. The summed E-state index contributed by atoms with van der Waals surface area (Å²) in [5.41, 5.74) is 10.8. The number of nitrogens with zero attached hydrogens (tertiary/aromatic N) is 2. The Kier molecular flexibility index (Phi) is 8.20. The van der Waals surface area contributed by atoms with Crippen LogP contribution in [-0.4, -0.2) is 17.6 Å². The Morgan fingerprint density at radius 1 is 0.407 bits per heavy atom. The number of aromatic nitrogens is 2. The molecule has 0 unspecified atom stereocenters. The molecule has 9 aromatic rings. The number of hydrogen-bond donors (Lipinski definition) is 0. The predicted octanol–water partition coefficient (Wildman–Crippen LogP) is 10.0. The van der Waals surface area contributed by atoms with E-state index in [9.17, 15) is 0 Å². The van der Waals surface area contributed by atoms with Crippen LogP contribution in [0.3, 0.4) is 0 Å². The van der Waals surface area contributed by atoms with Crippen molar-refractivity contribution in [1.29, 1.82) is 0 Å². The summed E-state index contributed by atoms with van der Waals surface area (Å²) in [7, 11) is -2.91. The molecule has 0 aliphatic carbocycles. The molecule has 0 saturated heterocycles. The van der Waals surface area contributed by atoms with Crippen molar-refractivity contribution in [2.45, 2.75) is 10.6 Å². The molecule has 0 fully saturated rings. The van der Waals surface area contributed by atoms with E-state index in [0.717, 1.165) is 22.6 Å². The minimum absolute atomic E-state index is 0.852. The second-order valence-corrected chi connectivity index (χ2v) is 18.7. The molecule has 0 saturated carbocycles. The molecule has 8 aromatic carbocycles. The van der Waals surface area contributed by atoms with Crippen LogP contribution in [0, 0.1) is 0 Å². The van der Waals surface area contributed by atoms with E-state index in [-0.39, 0.29) is 0 Å². The third-order valence-electron chi connectivity index (χ3n) is 10.8. The lowest BCUT2D eigenvalue weighted by atomic mass is 10.1. The van der Waals surface area contributed by atoms with Crippen molar-refractivity contribution in [3.8, 4) is 39.1 Å². The molecular weight excluding hydrogens is 689 g/mol. The average molecular weight is 725 g/mol. The second-order valence-electron chi connectivity index (χ2n) is 13.9. The molecule has 0 bridgehead atoms. The summed E-state index contributed by atoms with van der Waals surface area (Å²) in [6, 6.07) is 76.3. The molecule has 1 aliphatic heterocycles. The van der Waals surface area contributed by atoms with Gasteiger partial charge in [0.2, 0.25) is 0 Å². The lowest BCUT2D eigenvalue weighted by molar-refractivity contribution is 0.945. The number of hydrogen-bond acceptors (Lipinski definition) is 2. The van der Waals surface area contributed by atoms with Crippen molar-refractivity contribution in [3.63, 3.8) is 0 Å². The van der Waals surface area contributed by atoms with Gasteiger partial charge in [-0.2, -0.15) is 0 Å². The van der Waals surface area contributed by atoms with Gasteiger partial charge in [0.05, 0.1) is 22.5 Å². The van der Waals surface area contributed by atoms with E-state index in [0.29, 0.717) is 0 Å². The van der Waals surface area contributed by atoms with Gasteiger partial charge in [0.15, 0.2) is 8.07 Å². The van der Waals surface area contributed by atoms with Gasteiger partial charge in [0, 0.05) is 4.90 Å². The smallest absolute Gasteiger partial charge is 0.179 e. The molecule has 0 atom stereocenters. The van der Waals surface area contributed by atoms with Gasteiger partial charge in [-0.1, -0.05) is 182 Å². The van der Waals surface area contributed by atoms with Crippen LogP contribution < -0.4 is 20.7 Å². The number of thioether (sulfide) groups is 1. The summed E-state index contributed by atoms with van der Waals surface area (Å²) in [6.45, 7) is 0. The number of fused-ring (bicyclic) bond motifs is 5. The maximum Gasteiger partial charge on any atom is 0.179 e. The Labute approximate surface area is 321 Å². The highest BCUT2D eigenvalue weighted by Crippen LogP contribution is 2.39. The van der Waals surface area contributed by atoms with E-state index < -0.39 is 8.07 Å². The highest BCUT2D eigenvalue weighted by Gasteiger charge is 2.42. The summed E-state index contributed by atoms with van der Waals surface area (Å²) >= 11 is 1.88. The lowest BCUT2D eigenvalue weighted by Crippen LogP contribution is -2.74. The standard InChI is InChI=1S/C50H36N2SSi/c1-4-15-36(16-5-1)38-19-12-24-43(31-38)54(42-22-8-3-9-23-42,44-25-13-20-39(32-44)37-17-6-2-7-18-37)45-26-14-21-40(33-45)41-29-30-48-49(34-41)53-35-50-51-46-27-10-11-28-47(46)52(48)50/h1-34H,35H2. The summed E-state index contributed by atoms with van der Waals surface area (Å²) < 4.78 is 2.34. The Balaban J connectivity index is 1.19. The zero-order valence-electron chi connectivity index (χ0n) is 29.6. The van der Waals surface area contributed by atoms with E-state index in [1.165, 1.54) is 64.7 Å². The van der Waals surface area contributed by atoms with E-state index in [1.54, 1.807) is 0 Å². The summed E-state index contributed by atoms with van der Waals surface area (Å²) in [5, 5.41) is 5.43. The Morgan fingerprint density at radius 2 is 0.870 bits per heavy atom. The average Bonchev–Trinajstić information content (AvgIpc) is 3.65. The minimum Gasteiger partial charge on any atom is -0.294 e. The van der Waals surface area contributed by atoms with Crippen LogP contribution >= 0.6 is 11.8 Å². The fourth-order valence-electron chi connectivity index (χ4n) is 8.32. The fraction of sp³-hybridized carbons (Fsp3) is 0.0200. The number of benzene rings is 8. The number of rotatable bonds is 7. The van der Waals surface area contributed by atoms with Crippen LogP contribution in [0.1, 0.15) is 5.82 Å². The van der Waals surface area contributed by atoms with Crippen molar-refractivity contribution in [1.82, 2.24) is 9.55 Å². The molecule has 2 heterocycles. The van der Waals surface area contributed by atoms with Gasteiger partial charge < -0.3 is 0 Å². The van der Waals surface area contributed by atoms with Crippen molar-refractivity contribution in [2.75, 3.05) is 0 Å². The van der Waals surface area contributed by atoms with Crippen LogP contribution in [0.5, 0.6) is 0 Å².